The number of aromatic nitrogens is 1. The molecule has 1 aromatic heterocycles. The van der Waals surface area contributed by atoms with Gasteiger partial charge in [0, 0.05) is 22.1 Å². The molecule has 0 saturated carbocycles. The average Bonchev–Trinajstić information content (AvgIpc) is 3.03. The van der Waals surface area contributed by atoms with E-state index in [1.54, 1.807) is 0 Å². The highest BCUT2D eigenvalue weighted by atomic mass is 79.9. The highest BCUT2D eigenvalue weighted by molar-refractivity contribution is 9.10. The van der Waals surface area contributed by atoms with E-state index in [0.717, 1.165) is 17.3 Å². The van der Waals surface area contributed by atoms with Crippen molar-refractivity contribution in [1.29, 1.82) is 0 Å². The number of halogens is 1. The normalized spacial score (nSPS) is 13.6. The van der Waals surface area contributed by atoms with Gasteiger partial charge in [-0.1, -0.05) is 46.3 Å². The number of hydrogen-bond donors (Lipinski definition) is 1. The smallest absolute Gasteiger partial charge is 0.0456 e. The lowest BCUT2D eigenvalue weighted by molar-refractivity contribution is 1.19. The molecule has 0 amide bonds. The van der Waals surface area contributed by atoms with Gasteiger partial charge in [-0.15, -0.1) is 0 Å². The summed E-state index contributed by atoms with van der Waals surface area (Å²) in [6.45, 7) is 0. The van der Waals surface area contributed by atoms with Crippen molar-refractivity contribution in [2.75, 3.05) is 0 Å². The van der Waals surface area contributed by atoms with E-state index < -0.39 is 0 Å². The summed E-state index contributed by atoms with van der Waals surface area (Å²) in [5, 5.41) is 1.29. The number of benzene rings is 2. The Labute approximate surface area is 126 Å². The van der Waals surface area contributed by atoms with E-state index in [-0.39, 0.29) is 0 Å². The molecule has 1 aliphatic rings. The van der Waals surface area contributed by atoms with E-state index in [2.05, 4.69) is 75.5 Å². The zero-order chi connectivity index (χ0) is 13.5. The maximum atomic E-state index is 3.57. The molecule has 0 saturated heterocycles. The molecule has 1 heterocycles. The van der Waals surface area contributed by atoms with Crippen molar-refractivity contribution in [3.05, 3.63) is 75.9 Å². The second-order valence-electron chi connectivity index (χ2n) is 5.29. The predicted molar refractivity (Wildman–Crippen MR) is 87.8 cm³/mol. The molecule has 0 radical (unpaired) electrons. The molecule has 1 aliphatic carbocycles. The number of allylic oxidation sites excluding steroid dienone is 2. The zero-order valence-electron chi connectivity index (χ0n) is 11.0. The van der Waals surface area contributed by atoms with Crippen LogP contribution in [0.3, 0.4) is 0 Å². The SMILES string of the molecule is Brc1ccc2c(c1)C(Cc1cc3ccccc3[nH]1)=CC2. The summed E-state index contributed by atoms with van der Waals surface area (Å²) in [7, 11) is 0. The fourth-order valence-electron chi connectivity index (χ4n) is 2.97. The van der Waals surface area contributed by atoms with Crippen molar-refractivity contribution in [2.45, 2.75) is 12.8 Å². The molecule has 0 bridgehead atoms. The van der Waals surface area contributed by atoms with Crippen LogP contribution in [0.4, 0.5) is 0 Å². The Bertz CT molecular complexity index is 793. The fourth-order valence-corrected chi connectivity index (χ4v) is 3.33. The number of H-pyrrole nitrogens is 1. The van der Waals surface area contributed by atoms with Crippen molar-refractivity contribution in [3.8, 4) is 0 Å². The molecule has 0 unspecified atom stereocenters. The lowest BCUT2D eigenvalue weighted by Crippen LogP contribution is -1.90. The number of nitrogens with one attached hydrogen (secondary N) is 1. The molecular formula is C18H14BrN. The molecule has 3 aromatic rings. The first-order chi connectivity index (χ1) is 9.79. The van der Waals surface area contributed by atoms with E-state index >= 15 is 0 Å². The monoisotopic (exact) mass is 323 g/mol. The first-order valence-corrected chi connectivity index (χ1v) is 7.63. The molecule has 20 heavy (non-hydrogen) atoms. The molecule has 98 valence electrons. The molecule has 2 aromatic carbocycles. The van der Waals surface area contributed by atoms with Crippen LogP contribution < -0.4 is 0 Å². The van der Waals surface area contributed by atoms with E-state index in [1.807, 2.05) is 0 Å². The number of aromatic amines is 1. The van der Waals surface area contributed by atoms with E-state index in [1.165, 1.54) is 33.3 Å². The molecular weight excluding hydrogens is 310 g/mol. The summed E-state index contributed by atoms with van der Waals surface area (Å²) in [5.41, 5.74) is 6.74. The lowest BCUT2D eigenvalue weighted by atomic mass is 10.0. The van der Waals surface area contributed by atoms with Gasteiger partial charge in [-0.25, -0.2) is 0 Å². The lowest BCUT2D eigenvalue weighted by Gasteiger charge is -2.05. The zero-order valence-corrected chi connectivity index (χ0v) is 12.6. The Morgan fingerprint density at radius 1 is 1.05 bits per heavy atom. The Morgan fingerprint density at radius 3 is 2.85 bits per heavy atom. The van der Waals surface area contributed by atoms with E-state index in [0.29, 0.717) is 0 Å². The third-order valence-electron chi connectivity index (χ3n) is 3.95. The van der Waals surface area contributed by atoms with Gasteiger partial charge in [-0.2, -0.15) is 0 Å². The second-order valence-corrected chi connectivity index (χ2v) is 6.21. The van der Waals surface area contributed by atoms with Crippen LogP contribution >= 0.6 is 15.9 Å². The minimum Gasteiger partial charge on any atom is -0.358 e. The van der Waals surface area contributed by atoms with Crippen LogP contribution in [0.1, 0.15) is 16.8 Å². The summed E-state index contributed by atoms with van der Waals surface area (Å²) in [4.78, 5) is 3.52. The number of fused-ring (bicyclic) bond motifs is 2. The molecule has 0 aliphatic heterocycles. The largest absolute Gasteiger partial charge is 0.358 e. The highest BCUT2D eigenvalue weighted by Gasteiger charge is 2.15. The van der Waals surface area contributed by atoms with Gasteiger partial charge in [0.05, 0.1) is 0 Å². The van der Waals surface area contributed by atoms with Crippen LogP contribution in [0.25, 0.3) is 16.5 Å². The Balaban J connectivity index is 1.69. The topological polar surface area (TPSA) is 15.8 Å². The Morgan fingerprint density at radius 2 is 1.95 bits per heavy atom. The first kappa shape index (κ1) is 12.0. The van der Waals surface area contributed by atoms with Crippen molar-refractivity contribution < 1.29 is 0 Å². The van der Waals surface area contributed by atoms with Gasteiger partial charge >= 0.3 is 0 Å². The van der Waals surface area contributed by atoms with Crippen LogP contribution in [0.15, 0.2) is 59.1 Å². The van der Waals surface area contributed by atoms with Crippen LogP contribution in [0.2, 0.25) is 0 Å². The maximum absolute atomic E-state index is 3.57. The summed E-state index contributed by atoms with van der Waals surface area (Å²) >= 11 is 3.57. The van der Waals surface area contributed by atoms with E-state index in [9.17, 15) is 0 Å². The number of para-hydroxylation sites is 1. The summed E-state index contributed by atoms with van der Waals surface area (Å²) in [6, 6.07) is 17.3. The Hall–Kier alpha value is -1.80. The van der Waals surface area contributed by atoms with Crippen LogP contribution in [-0.2, 0) is 12.8 Å². The molecule has 1 N–H and O–H groups in total. The van der Waals surface area contributed by atoms with Gasteiger partial charge in [0.25, 0.3) is 0 Å². The molecule has 0 atom stereocenters. The van der Waals surface area contributed by atoms with Crippen LogP contribution in [0.5, 0.6) is 0 Å². The predicted octanol–water partition coefficient (Wildman–Crippen LogP) is 5.11. The van der Waals surface area contributed by atoms with Gasteiger partial charge in [0.1, 0.15) is 0 Å². The fraction of sp³-hybridized carbons (Fsp3) is 0.111. The quantitative estimate of drug-likeness (QED) is 0.674. The average molecular weight is 324 g/mol. The van der Waals surface area contributed by atoms with Gasteiger partial charge in [0.2, 0.25) is 0 Å². The molecule has 0 fully saturated rings. The Kier molecular flexibility index (Phi) is 2.78. The summed E-state index contributed by atoms with van der Waals surface area (Å²) in [5.74, 6) is 0. The first-order valence-electron chi connectivity index (χ1n) is 6.84. The number of rotatable bonds is 2. The summed E-state index contributed by atoms with van der Waals surface area (Å²) < 4.78 is 1.15. The van der Waals surface area contributed by atoms with Gasteiger partial charge in [-0.3, -0.25) is 0 Å². The van der Waals surface area contributed by atoms with E-state index in [4.69, 9.17) is 0 Å². The van der Waals surface area contributed by atoms with Crippen molar-refractivity contribution in [3.63, 3.8) is 0 Å². The maximum Gasteiger partial charge on any atom is 0.0456 e. The summed E-state index contributed by atoms with van der Waals surface area (Å²) in [6.07, 6.45) is 4.37. The minimum absolute atomic E-state index is 0.970. The van der Waals surface area contributed by atoms with Gasteiger partial charge in [-0.05, 0) is 52.8 Å². The molecule has 1 nitrogen and oxygen atoms in total. The van der Waals surface area contributed by atoms with Gasteiger partial charge < -0.3 is 4.98 Å². The van der Waals surface area contributed by atoms with Gasteiger partial charge in [0.15, 0.2) is 0 Å². The minimum atomic E-state index is 0.970. The molecule has 2 heteroatoms. The van der Waals surface area contributed by atoms with Crippen LogP contribution in [-0.4, -0.2) is 4.98 Å². The number of hydrogen-bond acceptors (Lipinski definition) is 0. The van der Waals surface area contributed by atoms with Crippen molar-refractivity contribution in [2.24, 2.45) is 0 Å². The standard InChI is InChI=1S/C18H14BrN/c19-15-8-7-12-5-6-13(17(12)11-15)9-16-10-14-3-1-2-4-18(14)20-16/h1-4,6-8,10-11,20H,5,9H2. The third kappa shape index (κ3) is 2.01. The van der Waals surface area contributed by atoms with Crippen LogP contribution in [0, 0.1) is 0 Å². The molecule has 4 rings (SSSR count). The van der Waals surface area contributed by atoms with Crippen molar-refractivity contribution >= 4 is 32.4 Å². The van der Waals surface area contributed by atoms with Crippen molar-refractivity contribution in [1.82, 2.24) is 4.98 Å². The highest BCUT2D eigenvalue weighted by Crippen LogP contribution is 2.32. The third-order valence-corrected chi connectivity index (χ3v) is 4.45. The molecule has 0 spiro atoms. The second kappa shape index (κ2) is 4.64.